The summed E-state index contributed by atoms with van der Waals surface area (Å²) in [7, 11) is 0. The minimum absolute atomic E-state index is 0.0207. The molecule has 2 atom stereocenters. The van der Waals surface area contributed by atoms with E-state index in [-0.39, 0.29) is 23.8 Å². The molecule has 180 valence electrons. The van der Waals surface area contributed by atoms with Gasteiger partial charge in [-0.3, -0.25) is 0 Å². The van der Waals surface area contributed by atoms with Crippen LogP contribution in [-0.4, -0.2) is 62.1 Å². The standard InChI is InChI=1S/C26H29N7O2/c1-2-18-4-6-20(7-5-18)21-14-22(25-30-24(31-35-25)23-28-10-3-11-29-23)17-33(16-21)26(34)32-12-8-19(15-27)9-13-32/h3-7,10-11,19,21-22H,2,8-9,12-14,16-17H2,1H3. The Morgan fingerprint density at radius 1 is 1.06 bits per heavy atom. The Kier molecular flexibility index (Phi) is 6.70. The molecule has 2 aliphatic heterocycles. The maximum atomic E-state index is 13.5. The van der Waals surface area contributed by atoms with Crippen LogP contribution in [0.2, 0.25) is 0 Å². The molecule has 0 spiro atoms. The minimum Gasteiger partial charge on any atom is -0.338 e. The molecule has 2 aliphatic rings. The van der Waals surface area contributed by atoms with Gasteiger partial charge in [0.05, 0.1) is 12.0 Å². The Morgan fingerprint density at radius 2 is 1.77 bits per heavy atom. The predicted octanol–water partition coefficient (Wildman–Crippen LogP) is 4.02. The predicted molar refractivity (Wildman–Crippen MR) is 128 cm³/mol. The molecule has 0 aliphatic carbocycles. The van der Waals surface area contributed by atoms with Crippen molar-refractivity contribution < 1.29 is 9.32 Å². The molecule has 9 nitrogen and oxygen atoms in total. The van der Waals surface area contributed by atoms with Crippen molar-refractivity contribution in [2.45, 2.75) is 44.4 Å². The number of carbonyl (C=O) groups is 1. The number of nitrogens with zero attached hydrogens (tertiary/aromatic N) is 7. The quantitative estimate of drug-likeness (QED) is 0.565. The smallest absolute Gasteiger partial charge is 0.320 e. The van der Waals surface area contributed by atoms with Gasteiger partial charge in [-0.2, -0.15) is 10.2 Å². The van der Waals surface area contributed by atoms with Gasteiger partial charge in [0.2, 0.25) is 17.5 Å². The number of aryl methyl sites for hydroxylation is 1. The molecule has 5 rings (SSSR count). The molecule has 2 fully saturated rings. The molecule has 3 aromatic rings. The number of urea groups is 1. The Balaban J connectivity index is 1.39. The minimum atomic E-state index is -0.0924. The molecule has 35 heavy (non-hydrogen) atoms. The Hall–Kier alpha value is -3.80. The SMILES string of the molecule is CCc1ccc(C2CC(c3nc(-c4ncccn4)no3)CN(C(=O)N3CCC(C#N)CC3)C2)cc1. The summed E-state index contributed by atoms with van der Waals surface area (Å²) < 4.78 is 5.65. The van der Waals surface area contributed by atoms with Crippen molar-refractivity contribution in [2.75, 3.05) is 26.2 Å². The summed E-state index contributed by atoms with van der Waals surface area (Å²) in [5.74, 6) is 1.37. The van der Waals surface area contributed by atoms with Gasteiger partial charge in [-0.15, -0.1) is 0 Å². The van der Waals surface area contributed by atoms with Crippen LogP contribution in [0.15, 0.2) is 47.2 Å². The molecular weight excluding hydrogens is 442 g/mol. The maximum absolute atomic E-state index is 13.5. The van der Waals surface area contributed by atoms with E-state index in [9.17, 15) is 10.1 Å². The summed E-state index contributed by atoms with van der Waals surface area (Å²) >= 11 is 0. The van der Waals surface area contributed by atoms with Crippen LogP contribution in [0.3, 0.4) is 0 Å². The average molecular weight is 472 g/mol. The number of hydrogen-bond acceptors (Lipinski definition) is 7. The third-order valence-electron chi connectivity index (χ3n) is 7.09. The monoisotopic (exact) mass is 471 g/mol. The highest BCUT2D eigenvalue weighted by Crippen LogP contribution is 2.36. The zero-order valence-electron chi connectivity index (χ0n) is 19.9. The lowest BCUT2D eigenvalue weighted by molar-refractivity contribution is 0.116. The van der Waals surface area contributed by atoms with E-state index in [1.165, 1.54) is 11.1 Å². The Labute approximate surface area is 204 Å². The van der Waals surface area contributed by atoms with Crippen molar-refractivity contribution >= 4 is 6.03 Å². The van der Waals surface area contributed by atoms with E-state index in [4.69, 9.17) is 4.52 Å². The first kappa shape index (κ1) is 23.0. The molecule has 9 heteroatoms. The molecule has 0 radical (unpaired) electrons. The molecule has 0 saturated carbocycles. The van der Waals surface area contributed by atoms with Crippen molar-refractivity contribution in [2.24, 2.45) is 5.92 Å². The van der Waals surface area contributed by atoms with Crippen LogP contribution < -0.4 is 0 Å². The van der Waals surface area contributed by atoms with Gasteiger partial charge in [0.15, 0.2) is 0 Å². The van der Waals surface area contributed by atoms with Crippen molar-refractivity contribution in [3.63, 3.8) is 0 Å². The zero-order chi connectivity index (χ0) is 24.2. The number of amides is 2. The highest BCUT2D eigenvalue weighted by Gasteiger charge is 2.37. The first-order chi connectivity index (χ1) is 17.1. The van der Waals surface area contributed by atoms with Crippen molar-refractivity contribution in [3.05, 3.63) is 59.7 Å². The molecule has 1 aromatic carbocycles. The Bertz CT molecular complexity index is 1180. The molecule has 0 N–H and O–H groups in total. The largest absolute Gasteiger partial charge is 0.338 e. The fourth-order valence-corrected chi connectivity index (χ4v) is 5.01. The molecule has 0 bridgehead atoms. The van der Waals surface area contributed by atoms with Crippen LogP contribution >= 0.6 is 0 Å². The number of carbonyl (C=O) groups excluding carboxylic acids is 1. The van der Waals surface area contributed by atoms with Crippen LogP contribution in [0.25, 0.3) is 11.6 Å². The fourth-order valence-electron chi connectivity index (χ4n) is 5.01. The van der Waals surface area contributed by atoms with Gasteiger partial charge >= 0.3 is 6.03 Å². The molecule has 2 saturated heterocycles. The van der Waals surface area contributed by atoms with E-state index in [0.29, 0.717) is 43.7 Å². The number of benzene rings is 1. The Morgan fingerprint density at radius 3 is 2.46 bits per heavy atom. The number of aromatic nitrogens is 4. The summed E-state index contributed by atoms with van der Waals surface area (Å²) in [5, 5.41) is 13.3. The molecule has 2 amide bonds. The molecule has 2 unspecified atom stereocenters. The van der Waals surface area contributed by atoms with E-state index in [2.05, 4.69) is 57.4 Å². The lowest BCUT2D eigenvalue weighted by atomic mass is 9.84. The fraction of sp³-hybridized carbons (Fsp3) is 0.462. The van der Waals surface area contributed by atoms with Gasteiger partial charge in [0.1, 0.15) is 0 Å². The number of rotatable bonds is 4. The highest BCUT2D eigenvalue weighted by atomic mass is 16.5. The van der Waals surface area contributed by atoms with Crippen molar-refractivity contribution in [1.82, 2.24) is 29.9 Å². The second-order valence-corrected chi connectivity index (χ2v) is 9.33. The van der Waals surface area contributed by atoms with Crippen molar-refractivity contribution in [3.8, 4) is 17.7 Å². The normalized spacial score (nSPS) is 21.0. The third kappa shape index (κ3) is 5.02. The second kappa shape index (κ2) is 10.2. The van der Waals surface area contributed by atoms with Gasteiger partial charge in [-0.1, -0.05) is 36.3 Å². The van der Waals surface area contributed by atoms with Gasteiger partial charge in [0, 0.05) is 50.4 Å². The maximum Gasteiger partial charge on any atom is 0.320 e. The second-order valence-electron chi connectivity index (χ2n) is 9.33. The van der Waals surface area contributed by atoms with Crippen LogP contribution in [0.5, 0.6) is 0 Å². The van der Waals surface area contributed by atoms with E-state index in [1.54, 1.807) is 18.5 Å². The average Bonchev–Trinajstić information content (AvgIpc) is 3.44. The lowest BCUT2D eigenvalue weighted by Crippen LogP contribution is -2.51. The summed E-state index contributed by atoms with van der Waals surface area (Å²) in [6, 6.07) is 12.8. The van der Waals surface area contributed by atoms with Crippen molar-refractivity contribution in [1.29, 1.82) is 5.26 Å². The van der Waals surface area contributed by atoms with Crippen LogP contribution in [-0.2, 0) is 6.42 Å². The van der Waals surface area contributed by atoms with E-state index in [0.717, 1.165) is 25.7 Å². The van der Waals surface area contributed by atoms with E-state index in [1.807, 2.05) is 9.80 Å². The van der Waals surface area contributed by atoms with Crippen LogP contribution in [0.4, 0.5) is 4.79 Å². The number of likely N-dealkylation sites (tertiary alicyclic amines) is 2. The lowest BCUT2D eigenvalue weighted by Gasteiger charge is -2.40. The summed E-state index contributed by atoms with van der Waals surface area (Å²) in [4.78, 5) is 30.3. The van der Waals surface area contributed by atoms with Gasteiger partial charge in [0.25, 0.3) is 0 Å². The summed E-state index contributed by atoms with van der Waals surface area (Å²) in [5.41, 5.74) is 2.50. The van der Waals surface area contributed by atoms with E-state index < -0.39 is 0 Å². The topological polar surface area (TPSA) is 112 Å². The number of hydrogen-bond donors (Lipinski definition) is 0. The van der Waals surface area contributed by atoms with Gasteiger partial charge in [-0.05, 0) is 42.9 Å². The van der Waals surface area contributed by atoms with Crippen LogP contribution in [0, 0.1) is 17.2 Å². The zero-order valence-corrected chi connectivity index (χ0v) is 19.9. The third-order valence-corrected chi connectivity index (χ3v) is 7.09. The highest BCUT2D eigenvalue weighted by molar-refractivity contribution is 5.75. The molecular formula is C26H29N7O2. The van der Waals surface area contributed by atoms with Gasteiger partial charge in [-0.25, -0.2) is 14.8 Å². The van der Waals surface area contributed by atoms with E-state index >= 15 is 0 Å². The number of piperidine rings is 2. The van der Waals surface area contributed by atoms with Gasteiger partial charge < -0.3 is 14.3 Å². The summed E-state index contributed by atoms with van der Waals surface area (Å²) in [6.45, 7) is 4.53. The first-order valence-corrected chi connectivity index (χ1v) is 12.3. The first-order valence-electron chi connectivity index (χ1n) is 12.3. The molecule has 2 aromatic heterocycles. The van der Waals surface area contributed by atoms with Crippen LogP contribution in [0.1, 0.15) is 55.0 Å². The number of nitriles is 1. The summed E-state index contributed by atoms with van der Waals surface area (Å²) in [6.07, 6.45) is 6.54. The molecule has 4 heterocycles.